The van der Waals surface area contributed by atoms with E-state index >= 15 is 0 Å². The van der Waals surface area contributed by atoms with Crippen molar-refractivity contribution in [2.45, 2.75) is 379 Å². The third kappa shape index (κ3) is 59.4. The van der Waals surface area contributed by atoms with Crippen LogP contribution in [0.25, 0.3) is 0 Å². The Balaban J connectivity index is 3.46. The summed E-state index contributed by atoms with van der Waals surface area (Å²) in [5.41, 5.74) is 0. The highest BCUT2D eigenvalue weighted by molar-refractivity contribution is 5.76. The SMILES string of the molecule is CCCCCCCCCCCCCCCCCCCCCCC/C=C/C(O)C(CO)NC(=O)CCCCCCCCC/C=C\CCCCCCCCCCCOC(=O)CCCCCCCCCCCCCCC. The number of hydrogen-bond donors (Lipinski definition) is 3. The number of unbranched alkanes of at least 4 members (excludes halogenated alkanes) is 49. The number of rotatable bonds is 62. The Kier molecular flexibility index (Phi) is 61.4. The van der Waals surface area contributed by atoms with Gasteiger partial charge in [-0.2, -0.15) is 0 Å². The Labute approximate surface area is 456 Å². The highest BCUT2D eigenvalue weighted by Gasteiger charge is 2.18. The van der Waals surface area contributed by atoms with Gasteiger partial charge in [-0.25, -0.2) is 0 Å². The summed E-state index contributed by atoms with van der Waals surface area (Å²) in [7, 11) is 0. The second-order valence-electron chi connectivity index (χ2n) is 22.8. The molecule has 2 atom stereocenters. The lowest BCUT2D eigenvalue weighted by molar-refractivity contribution is -0.143. The van der Waals surface area contributed by atoms with E-state index in [2.05, 4.69) is 31.3 Å². The molecule has 0 saturated heterocycles. The van der Waals surface area contributed by atoms with Gasteiger partial charge in [-0.1, -0.05) is 321 Å². The number of hydrogen-bond acceptors (Lipinski definition) is 5. The van der Waals surface area contributed by atoms with E-state index in [0.717, 1.165) is 44.9 Å². The minimum Gasteiger partial charge on any atom is -0.466 e. The Morgan fingerprint density at radius 2 is 0.644 bits per heavy atom. The van der Waals surface area contributed by atoms with Crippen molar-refractivity contribution in [3.63, 3.8) is 0 Å². The molecule has 0 fully saturated rings. The van der Waals surface area contributed by atoms with Crippen molar-refractivity contribution in [3.8, 4) is 0 Å². The van der Waals surface area contributed by atoms with Crippen LogP contribution in [0.4, 0.5) is 0 Å². The smallest absolute Gasteiger partial charge is 0.305 e. The summed E-state index contributed by atoms with van der Waals surface area (Å²) in [6.45, 7) is 4.93. The number of allylic oxidation sites excluding steroid dienone is 3. The van der Waals surface area contributed by atoms with Gasteiger partial charge in [0, 0.05) is 12.8 Å². The molecule has 73 heavy (non-hydrogen) atoms. The first-order chi connectivity index (χ1) is 36.0. The quantitative estimate of drug-likeness (QED) is 0.0320. The molecule has 0 radical (unpaired) electrons. The van der Waals surface area contributed by atoms with Gasteiger partial charge in [0.2, 0.25) is 5.91 Å². The Morgan fingerprint density at radius 1 is 0.370 bits per heavy atom. The fraction of sp³-hybridized carbons (Fsp3) is 0.910. The fourth-order valence-electron chi connectivity index (χ4n) is 10.4. The molecule has 1 amide bonds. The standard InChI is InChI=1S/C67H129NO5/c1-3-5-7-9-11-13-15-17-18-19-20-21-22-23-26-29-32-36-39-43-47-51-55-59-65(70)64(63-69)68-66(71)60-56-52-48-44-40-37-33-30-27-24-25-28-31-34-38-42-46-50-54-58-62-73-67(72)61-57-53-49-45-41-35-16-14-12-10-8-6-4-2/h24,27,55,59,64-65,69-70H,3-23,25-26,28-54,56-58,60-63H2,1-2H3,(H,68,71)/b27-24-,59-55+. The molecular formula is C67H129NO5. The van der Waals surface area contributed by atoms with E-state index < -0.39 is 12.1 Å². The largest absolute Gasteiger partial charge is 0.466 e. The van der Waals surface area contributed by atoms with Crippen molar-refractivity contribution in [1.29, 1.82) is 0 Å². The van der Waals surface area contributed by atoms with Gasteiger partial charge in [0.1, 0.15) is 0 Å². The zero-order valence-electron chi connectivity index (χ0n) is 49.4. The average Bonchev–Trinajstić information content (AvgIpc) is 3.39. The topological polar surface area (TPSA) is 95.9 Å². The molecule has 2 unspecified atom stereocenters. The second kappa shape index (κ2) is 62.9. The lowest BCUT2D eigenvalue weighted by atomic mass is 10.0. The van der Waals surface area contributed by atoms with Crippen LogP contribution in [0.1, 0.15) is 367 Å². The minimum atomic E-state index is -0.851. The van der Waals surface area contributed by atoms with Crippen molar-refractivity contribution < 1.29 is 24.5 Å². The molecule has 0 rings (SSSR count). The van der Waals surface area contributed by atoms with Crippen LogP contribution in [0.3, 0.4) is 0 Å². The maximum Gasteiger partial charge on any atom is 0.305 e. The van der Waals surface area contributed by atoms with Crippen LogP contribution < -0.4 is 5.32 Å². The van der Waals surface area contributed by atoms with Crippen molar-refractivity contribution in [1.82, 2.24) is 5.32 Å². The first-order valence-corrected chi connectivity index (χ1v) is 33.1. The summed E-state index contributed by atoms with van der Waals surface area (Å²) in [4.78, 5) is 24.6. The predicted molar refractivity (Wildman–Crippen MR) is 320 cm³/mol. The van der Waals surface area contributed by atoms with E-state index in [1.165, 1.54) is 295 Å². The van der Waals surface area contributed by atoms with Gasteiger partial charge in [0.05, 0.1) is 25.4 Å². The van der Waals surface area contributed by atoms with Crippen molar-refractivity contribution >= 4 is 11.9 Å². The van der Waals surface area contributed by atoms with E-state index in [1.54, 1.807) is 6.08 Å². The van der Waals surface area contributed by atoms with Crippen LogP contribution in [0, 0.1) is 0 Å². The van der Waals surface area contributed by atoms with Gasteiger partial charge in [-0.05, 0) is 57.8 Å². The van der Waals surface area contributed by atoms with E-state index in [0.29, 0.717) is 19.4 Å². The first-order valence-electron chi connectivity index (χ1n) is 33.1. The van der Waals surface area contributed by atoms with Crippen LogP contribution in [0.15, 0.2) is 24.3 Å². The van der Waals surface area contributed by atoms with Crippen molar-refractivity contribution in [3.05, 3.63) is 24.3 Å². The highest BCUT2D eigenvalue weighted by Crippen LogP contribution is 2.18. The lowest BCUT2D eigenvalue weighted by Gasteiger charge is -2.20. The Morgan fingerprint density at radius 3 is 0.973 bits per heavy atom. The zero-order valence-corrected chi connectivity index (χ0v) is 49.4. The number of carbonyl (C=O) groups is 2. The summed E-state index contributed by atoms with van der Waals surface area (Å²) in [5, 5.41) is 23.2. The van der Waals surface area contributed by atoms with Gasteiger partial charge in [0.25, 0.3) is 0 Å². The second-order valence-corrected chi connectivity index (χ2v) is 22.8. The van der Waals surface area contributed by atoms with Gasteiger partial charge in [-0.15, -0.1) is 0 Å². The maximum atomic E-state index is 12.5. The normalized spacial score (nSPS) is 12.7. The molecule has 6 nitrogen and oxygen atoms in total. The van der Waals surface area contributed by atoms with E-state index in [1.807, 2.05) is 6.08 Å². The van der Waals surface area contributed by atoms with E-state index in [9.17, 15) is 19.8 Å². The molecular weight excluding hydrogens is 899 g/mol. The summed E-state index contributed by atoms with van der Waals surface area (Å²) in [6, 6.07) is -0.635. The van der Waals surface area contributed by atoms with Gasteiger partial charge in [-0.3, -0.25) is 9.59 Å². The molecule has 0 aliphatic heterocycles. The predicted octanol–water partition coefficient (Wildman–Crippen LogP) is 21.0. The molecule has 3 N–H and O–H groups in total. The number of carbonyl (C=O) groups excluding carboxylic acids is 2. The molecule has 0 saturated carbocycles. The Hall–Kier alpha value is -1.66. The number of aliphatic hydroxyl groups excluding tert-OH is 2. The van der Waals surface area contributed by atoms with Crippen LogP contribution in [-0.4, -0.2) is 47.4 Å². The van der Waals surface area contributed by atoms with E-state index in [-0.39, 0.29) is 18.5 Å². The number of aliphatic hydroxyl groups is 2. The highest BCUT2D eigenvalue weighted by atomic mass is 16.5. The minimum absolute atomic E-state index is 0.00776. The zero-order chi connectivity index (χ0) is 52.9. The van der Waals surface area contributed by atoms with Crippen molar-refractivity contribution in [2.75, 3.05) is 13.2 Å². The molecule has 6 heteroatoms. The lowest BCUT2D eigenvalue weighted by Crippen LogP contribution is -2.45. The molecule has 0 aliphatic carbocycles. The number of ether oxygens (including phenoxy) is 1. The number of amides is 1. The molecule has 0 aromatic carbocycles. The first kappa shape index (κ1) is 71.3. The van der Waals surface area contributed by atoms with Crippen LogP contribution in [0.5, 0.6) is 0 Å². The monoisotopic (exact) mass is 1030 g/mol. The molecule has 0 heterocycles. The molecule has 0 bridgehead atoms. The fourth-order valence-corrected chi connectivity index (χ4v) is 10.4. The van der Waals surface area contributed by atoms with Crippen molar-refractivity contribution in [2.24, 2.45) is 0 Å². The van der Waals surface area contributed by atoms with Gasteiger partial charge < -0.3 is 20.3 Å². The van der Waals surface area contributed by atoms with Crippen LogP contribution >= 0.6 is 0 Å². The Bertz CT molecular complexity index is 1140. The molecule has 0 spiro atoms. The summed E-state index contributed by atoms with van der Waals surface area (Å²) < 4.78 is 5.48. The molecule has 0 aromatic heterocycles. The third-order valence-corrected chi connectivity index (χ3v) is 15.5. The summed E-state index contributed by atoms with van der Waals surface area (Å²) >= 11 is 0. The van der Waals surface area contributed by atoms with E-state index in [4.69, 9.17) is 4.74 Å². The maximum absolute atomic E-state index is 12.5. The van der Waals surface area contributed by atoms with Crippen LogP contribution in [-0.2, 0) is 14.3 Å². The molecule has 0 aliphatic rings. The molecule has 0 aromatic rings. The summed E-state index contributed by atoms with van der Waals surface area (Å²) in [5.74, 6) is -0.0650. The molecule has 432 valence electrons. The third-order valence-electron chi connectivity index (χ3n) is 15.5. The average molecular weight is 1030 g/mol. The number of esters is 1. The number of nitrogens with one attached hydrogen (secondary N) is 1. The van der Waals surface area contributed by atoms with Gasteiger partial charge >= 0.3 is 5.97 Å². The summed E-state index contributed by atoms with van der Waals surface area (Å²) in [6.07, 6.45) is 78.0. The van der Waals surface area contributed by atoms with Gasteiger partial charge in [0.15, 0.2) is 0 Å². The van der Waals surface area contributed by atoms with Crippen LogP contribution in [0.2, 0.25) is 0 Å².